The van der Waals surface area contributed by atoms with E-state index in [0.717, 1.165) is 6.92 Å². The van der Waals surface area contributed by atoms with Gasteiger partial charge in [0.2, 0.25) is 11.8 Å². The summed E-state index contributed by atoms with van der Waals surface area (Å²) in [5, 5.41) is 11.9. The van der Waals surface area contributed by atoms with Gasteiger partial charge < -0.3 is 15.2 Å². The predicted octanol–water partition coefficient (Wildman–Crippen LogP) is 0.104. The lowest BCUT2D eigenvalue weighted by atomic mass is 9.82. The Morgan fingerprint density at radius 2 is 1.62 bits per heavy atom. The number of rotatable bonds is 5. The van der Waals surface area contributed by atoms with E-state index >= 15 is 0 Å². The Labute approximate surface area is 149 Å². The minimum absolute atomic E-state index is 0.139. The van der Waals surface area contributed by atoms with Gasteiger partial charge in [-0.25, -0.2) is 13.1 Å². The molecule has 10 heteroatoms. The minimum Gasteiger partial charge on any atom is -0.481 e. The van der Waals surface area contributed by atoms with Crippen LogP contribution in [-0.2, 0) is 29.1 Å². The van der Waals surface area contributed by atoms with E-state index in [9.17, 15) is 27.9 Å². The highest BCUT2D eigenvalue weighted by atomic mass is 32.2. The molecule has 138 valence electrons. The van der Waals surface area contributed by atoms with Crippen LogP contribution in [0.4, 0.5) is 5.69 Å². The smallest absolute Gasteiger partial charge is 0.310 e. The SMILES string of the molecule is CC(=O)NS(=O)(=O)c1ccc(NC(=O)[C@@H]2[C@@H](C(=O)O)[C@H]3C=C[C@H]2O3)cc1. The van der Waals surface area contributed by atoms with Crippen molar-refractivity contribution in [1.82, 2.24) is 4.72 Å². The number of benzene rings is 1. The summed E-state index contributed by atoms with van der Waals surface area (Å²) in [4.78, 5) is 34.7. The Kier molecular flexibility index (Phi) is 4.55. The van der Waals surface area contributed by atoms with Gasteiger partial charge in [0.1, 0.15) is 5.92 Å². The van der Waals surface area contributed by atoms with Crippen molar-refractivity contribution in [3.63, 3.8) is 0 Å². The van der Waals surface area contributed by atoms with Gasteiger partial charge in [0.25, 0.3) is 10.0 Å². The molecule has 2 aliphatic rings. The fraction of sp³-hybridized carbons (Fsp3) is 0.312. The molecule has 1 fully saturated rings. The van der Waals surface area contributed by atoms with Crippen molar-refractivity contribution in [2.45, 2.75) is 24.0 Å². The van der Waals surface area contributed by atoms with Crippen molar-refractivity contribution in [3.8, 4) is 0 Å². The normalized spacial score (nSPS) is 26.5. The number of anilines is 1. The summed E-state index contributed by atoms with van der Waals surface area (Å²) in [6.07, 6.45) is 2.07. The molecule has 0 spiro atoms. The Morgan fingerprint density at radius 1 is 1.04 bits per heavy atom. The van der Waals surface area contributed by atoms with Gasteiger partial charge in [-0.2, -0.15) is 0 Å². The molecule has 1 aromatic carbocycles. The molecule has 2 bridgehead atoms. The molecule has 0 aliphatic carbocycles. The van der Waals surface area contributed by atoms with Crippen LogP contribution in [0.5, 0.6) is 0 Å². The summed E-state index contributed by atoms with van der Waals surface area (Å²) in [6.45, 7) is 1.08. The first-order valence-corrected chi connectivity index (χ1v) is 9.18. The number of hydrogen-bond acceptors (Lipinski definition) is 6. The lowest BCUT2D eigenvalue weighted by Crippen LogP contribution is -2.39. The standard InChI is InChI=1S/C16H16N2O7S/c1-8(19)18-26(23,24)10-4-2-9(3-5-10)17-15(20)13-11-6-7-12(25-11)14(13)16(21)22/h2-7,11-14H,1H3,(H,17,20)(H,18,19)(H,21,22)/t11-,12-,13+,14+/m1/s1. The van der Waals surface area contributed by atoms with Crippen LogP contribution in [0.25, 0.3) is 0 Å². The lowest BCUT2D eigenvalue weighted by molar-refractivity contribution is -0.145. The third-order valence-corrected chi connectivity index (χ3v) is 5.65. The zero-order valence-corrected chi connectivity index (χ0v) is 14.4. The van der Waals surface area contributed by atoms with Gasteiger partial charge in [0.15, 0.2) is 0 Å². The van der Waals surface area contributed by atoms with Crippen molar-refractivity contribution < 1.29 is 32.6 Å². The second-order valence-corrected chi connectivity index (χ2v) is 7.70. The van der Waals surface area contributed by atoms with Crippen molar-refractivity contribution in [3.05, 3.63) is 36.4 Å². The quantitative estimate of drug-likeness (QED) is 0.616. The largest absolute Gasteiger partial charge is 0.481 e. The molecule has 0 aromatic heterocycles. The lowest BCUT2D eigenvalue weighted by Gasteiger charge is -2.21. The summed E-state index contributed by atoms with van der Waals surface area (Å²) in [5.41, 5.74) is 0.299. The molecule has 2 heterocycles. The number of amides is 2. The Morgan fingerprint density at radius 3 is 2.15 bits per heavy atom. The highest BCUT2D eigenvalue weighted by molar-refractivity contribution is 7.90. The van der Waals surface area contributed by atoms with Crippen molar-refractivity contribution in [2.24, 2.45) is 11.8 Å². The zero-order valence-electron chi connectivity index (χ0n) is 13.6. The summed E-state index contributed by atoms with van der Waals surface area (Å²) in [5.74, 6) is -4.19. The molecule has 9 nitrogen and oxygen atoms in total. The first kappa shape index (κ1) is 18.1. The Hall–Kier alpha value is -2.72. The van der Waals surface area contributed by atoms with Gasteiger partial charge in [0, 0.05) is 12.6 Å². The number of carboxylic acid groups (broad SMARTS) is 1. The van der Waals surface area contributed by atoms with Gasteiger partial charge in [-0.15, -0.1) is 0 Å². The van der Waals surface area contributed by atoms with Gasteiger partial charge >= 0.3 is 5.97 Å². The Bertz CT molecular complexity index is 892. The molecule has 1 aromatic rings. The van der Waals surface area contributed by atoms with E-state index < -0.39 is 51.9 Å². The second-order valence-electron chi connectivity index (χ2n) is 6.02. The molecule has 0 radical (unpaired) electrons. The molecular formula is C16H16N2O7S. The summed E-state index contributed by atoms with van der Waals surface area (Å²) in [7, 11) is -3.97. The van der Waals surface area contributed by atoms with E-state index in [1.54, 1.807) is 12.2 Å². The molecule has 4 atom stereocenters. The van der Waals surface area contributed by atoms with Crippen molar-refractivity contribution in [2.75, 3.05) is 5.32 Å². The van der Waals surface area contributed by atoms with E-state index in [1.807, 2.05) is 4.72 Å². The first-order chi connectivity index (χ1) is 12.2. The monoisotopic (exact) mass is 380 g/mol. The van der Waals surface area contributed by atoms with E-state index in [0.29, 0.717) is 5.69 Å². The average Bonchev–Trinajstić information content (AvgIpc) is 3.15. The highest BCUT2D eigenvalue weighted by Gasteiger charge is 2.53. The Balaban J connectivity index is 1.73. The third kappa shape index (κ3) is 3.33. The minimum atomic E-state index is -3.97. The molecule has 2 amide bonds. The number of sulfonamides is 1. The van der Waals surface area contributed by atoms with Gasteiger partial charge in [-0.3, -0.25) is 14.4 Å². The van der Waals surface area contributed by atoms with E-state index in [1.165, 1.54) is 24.3 Å². The van der Waals surface area contributed by atoms with Crippen LogP contribution in [-0.4, -0.2) is 43.5 Å². The fourth-order valence-corrected chi connectivity index (χ4v) is 4.10. The van der Waals surface area contributed by atoms with Crippen molar-refractivity contribution in [1.29, 1.82) is 0 Å². The zero-order chi connectivity index (χ0) is 19.1. The number of carbonyl (C=O) groups is 3. The number of hydrogen-bond donors (Lipinski definition) is 3. The maximum Gasteiger partial charge on any atom is 0.310 e. The topological polar surface area (TPSA) is 139 Å². The van der Waals surface area contributed by atoms with Crippen molar-refractivity contribution >= 4 is 33.5 Å². The van der Waals surface area contributed by atoms with Crippen LogP contribution in [0.15, 0.2) is 41.3 Å². The molecule has 2 aliphatic heterocycles. The van der Waals surface area contributed by atoms with E-state index in [4.69, 9.17) is 4.74 Å². The van der Waals surface area contributed by atoms with Crippen LogP contribution in [0.1, 0.15) is 6.92 Å². The number of fused-ring (bicyclic) bond motifs is 2. The first-order valence-electron chi connectivity index (χ1n) is 7.70. The number of carboxylic acids is 1. The van der Waals surface area contributed by atoms with Crippen LogP contribution < -0.4 is 10.0 Å². The fourth-order valence-electron chi connectivity index (χ4n) is 3.11. The maximum atomic E-state index is 12.5. The van der Waals surface area contributed by atoms with Gasteiger partial charge in [0.05, 0.1) is 23.0 Å². The summed E-state index contributed by atoms with van der Waals surface area (Å²) < 4.78 is 31.0. The van der Waals surface area contributed by atoms with Gasteiger partial charge in [-0.05, 0) is 24.3 Å². The van der Waals surface area contributed by atoms with Crippen LogP contribution >= 0.6 is 0 Å². The number of ether oxygens (including phenoxy) is 1. The molecule has 1 saturated heterocycles. The predicted molar refractivity (Wildman–Crippen MR) is 88.5 cm³/mol. The highest BCUT2D eigenvalue weighted by Crippen LogP contribution is 2.39. The molecule has 26 heavy (non-hydrogen) atoms. The van der Waals surface area contributed by atoms with Crippen LogP contribution in [0.3, 0.4) is 0 Å². The van der Waals surface area contributed by atoms with Gasteiger partial charge in [-0.1, -0.05) is 12.2 Å². The van der Waals surface area contributed by atoms with Crippen LogP contribution in [0.2, 0.25) is 0 Å². The second kappa shape index (κ2) is 6.54. The number of nitrogens with one attached hydrogen (secondary N) is 2. The van der Waals surface area contributed by atoms with E-state index in [-0.39, 0.29) is 4.90 Å². The van der Waals surface area contributed by atoms with Crippen LogP contribution in [0, 0.1) is 11.8 Å². The molecular weight excluding hydrogens is 364 g/mol. The summed E-state index contributed by atoms with van der Waals surface area (Å²) >= 11 is 0. The molecule has 3 N–H and O–H groups in total. The third-order valence-electron chi connectivity index (χ3n) is 4.20. The summed E-state index contributed by atoms with van der Waals surface area (Å²) in [6, 6.07) is 5.16. The van der Waals surface area contributed by atoms with E-state index in [2.05, 4.69) is 5.32 Å². The molecule has 0 saturated carbocycles. The maximum absolute atomic E-state index is 12.5. The number of carbonyl (C=O) groups excluding carboxylic acids is 2. The molecule has 3 rings (SSSR count). The number of aliphatic carboxylic acids is 1. The average molecular weight is 380 g/mol. The molecule has 0 unspecified atom stereocenters.